The number of hydrogen-bond donors (Lipinski definition) is 0. The van der Waals surface area contributed by atoms with Crippen molar-refractivity contribution in [2.45, 2.75) is 0 Å². The van der Waals surface area contributed by atoms with E-state index in [2.05, 4.69) is 127 Å². The Kier molecular flexibility index (Phi) is 5.42. The average molecular weight is 530 g/mol. The summed E-state index contributed by atoms with van der Waals surface area (Å²) in [5, 5.41) is 0. The molecule has 4 aromatic carbocycles. The van der Waals surface area contributed by atoms with Crippen molar-refractivity contribution in [1.29, 1.82) is 0 Å². The molecule has 0 radical (unpaired) electrons. The maximum absolute atomic E-state index is 4.85. The Morgan fingerprint density at radius 3 is 1.88 bits per heavy atom. The standard InChI is InChI=1S/C25H17N.C6H5.Sb/c1-3-7-20(8-4-1)11-16-25-19-24(17-18-26-25)23-14-12-22(13-15-23)21-9-5-2-6-10-21;1-2-4-6-5-3-1;/h1-7,9-15,17-19H;1-5H;. The van der Waals surface area contributed by atoms with Crippen molar-refractivity contribution in [3.05, 3.63) is 139 Å². The Labute approximate surface area is 202 Å². The van der Waals surface area contributed by atoms with E-state index in [0.717, 1.165) is 5.69 Å². The zero-order valence-corrected chi connectivity index (χ0v) is 20.6. The number of rotatable bonds is 4. The Balaban J connectivity index is 1.38. The van der Waals surface area contributed by atoms with Crippen LogP contribution in [0.3, 0.4) is 0 Å². The van der Waals surface area contributed by atoms with Gasteiger partial charge in [0.25, 0.3) is 0 Å². The van der Waals surface area contributed by atoms with Crippen molar-refractivity contribution in [3.8, 4) is 22.3 Å². The van der Waals surface area contributed by atoms with Gasteiger partial charge in [0.15, 0.2) is 0 Å². The van der Waals surface area contributed by atoms with Gasteiger partial charge >= 0.3 is 203 Å². The quantitative estimate of drug-likeness (QED) is 0.256. The van der Waals surface area contributed by atoms with Crippen molar-refractivity contribution in [1.82, 2.24) is 4.98 Å². The summed E-state index contributed by atoms with van der Waals surface area (Å²) >= 11 is -2.10. The zero-order valence-electron chi connectivity index (χ0n) is 18.1. The molecule has 5 aromatic rings. The summed E-state index contributed by atoms with van der Waals surface area (Å²) < 4.78 is 4.45. The van der Waals surface area contributed by atoms with Crippen LogP contribution in [0.1, 0.15) is 11.3 Å². The third kappa shape index (κ3) is 3.94. The fourth-order valence-electron chi connectivity index (χ4n) is 4.43. The number of aromatic nitrogens is 1. The van der Waals surface area contributed by atoms with Gasteiger partial charge in [-0.25, -0.2) is 0 Å². The molecular weight excluding hydrogens is 508 g/mol. The second-order valence-electron chi connectivity index (χ2n) is 8.13. The van der Waals surface area contributed by atoms with Crippen LogP contribution in [0.2, 0.25) is 0 Å². The molecule has 33 heavy (non-hydrogen) atoms. The second-order valence-corrected chi connectivity index (χ2v) is 14.3. The molecule has 2 heterocycles. The van der Waals surface area contributed by atoms with Crippen molar-refractivity contribution in [3.63, 3.8) is 0 Å². The molecular formula is C31H22NSb. The van der Waals surface area contributed by atoms with Crippen LogP contribution in [0, 0.1) is 0 Å². The summed E-state index contributed by atoms with van der Waals surface area (Å²) in [7, 11) is 0. The van der Waals surface area contributed by atoms with Gasteiger partial charge in [-0.3, -0.25) is 0 Å². The van der Waals surface area contributed by atoms with E-state index in [-0.39, 0.29) is 0 Å². The molecule has 2 heteroatoms. The predicted molar refractivity (Wildman–Crippen MR) is 141 cm³/mol. The summed E-state index contributed by atoms with van der Waals surface area (Å²) in [5.41, 5.74) is 7.39. The average Bonchev–Trinajstić information content (AvgIpc) is 3.30. The monoisotopic (exact) mass is 529 g/mol. The van der Waals surface area contributed by atoms with E-state index in [1.54, 1.807) is 0 Å². The minimum absolute atomic E-state index is 1.11. The molecule has 0 N–H and O–H groups in total. The summed E-state index contributed by atoms with van der Waals surface area (Å²) in [6.45, 7) is 0. The fraction of sp³-hybridized carbons (Fsp3) is 0. The number of benzene rings is 4. The van der Waals surface area contributed by atoms with Crippen molar-refractivity contribution >= 4 is 36.8 Å². The predicted octanol–water partition coefficient (Wildman–Crippen LogP) is 6.12. The van der Waals surface area contributed by atoms with Gasteiger partial charge in [-0.2, -0.15) is 0 Å². The Morgan fingerprint density at radius 1 is 0.515 bits per heavy atom. The molecule has 0 aliphatic carbocycles. The molecule has 0 atom stereocenters. The molecule has 0 saturated carbocycles. The van der Waals surface area contributed by atoms with Crippen molar-refractivity contribution in [2.24, 2.45) is 0 Å². The molecule has 1 aliphatic rings. The van der Waals surface area contributed by atoms with Crippen LogP contribution in [0.5, 0.6) is 0 Å². The fourth-order valence-corrected chi connectivity index (χ4v) is 11.7. The zero-order chi connectivity index (χ0) is 22.0. The van der Waals surface area contributed by atoms with Gasteiger partial charge in [-0.15, -0.1) is 0 Å². The first-order valence-corrected chi connectivity index (χ1v) is 15.0. The van der Waals surface area contributed by atoms with E-state index in [1.165, 1.54) is 38.4 Å². The van der Waals surface area contributed by atoms with E-state index in [9.17, 15) is 0 Å². The molecule has 156 valence electrons. The number of pyridine rings is 1. The van der Waals surface area contributed by atoms with Gasteiger partial charge in [0.1, 0.15) is 0 Å². The summed E-state index contributed by atoms with van der Waals surface area (Å²) in [6, 6.07) is 43.7. The molecule has 0 spiro atoms. The molecule has 1 nitrogen and oxygen atoms in total. The van der Waals surface area contributed by atoms with E-state index in [1.807, 2.05) is 6.20 Å². The first-order valence-electron chi connectivity index (χ1n) is 11.1. The Morgan fingerprint density at radius 2 is 1.12 bits per heavy atom. The molecule has 1 aromatic heterocycles. The number of hydrogen-bond acceptors (Lipinski definition) is 1. The molecule has 0 unspecified atom stereocenters. The van der Waals surface area contributed by atoms with E-state index in [4.69, 9.17) is 4.98 Å². The molecule has 0 fully saturated rings. The maximum atomic E-state index is 4.85. The summed E-state index contributed by atoms with van der Waals surface area (Å²) in [6.07, 6.45) is 4.35. The van der Waals surface area contributed by atoms with Gasteiger partial charge in [0, 0.05) is 0 Å². The third-order valence-corrected chi connectivity index (χ3v) is 13.3. The first kappa shape index (κ1) is 20.2. The molecule has 0 bridgehead atoms. The van der Waals surface area contributed by atoms with Crippen LogP contribution in [0.25, 0.3) is 31.8 Å². The number of fused-ring (bicyclic) bond motifs is 1. The van der Waals surface area contributed by atoms with Crippen LogP contribution in [0.4, 0.5) is 0 Å². The Hall–Kier alpha value is -3.41. The van der Waals surface area contributed by atoms with E-state index >= 15 is 0 Å². The SMILES string of the molecule is C1=[C](c2cc(-c3ccc(-c4ccccc4)cc3)ccn2)[Sb]([c]2ccccc2)[c]2ccccc21. The Bertz CT molecular complexity index is 1440. The van der Waals surface area contributed by atoms with E-state index < -0.39 is 20.2 Å². The topological polar surface area (TPSA) is 12.9 Å². The van der Waals surface area contributed by atoms with Gasteiger partial charge < -0.3 is 0 Å². The van der Waals surface area contributed by atoms with Crippen LogP contribution in [-0.4, -0.2) is 25.2 Å². The molecule has 6 rings (SSSR count). The van der Waals surface area contributed by atoms with Crippen LogP contribution in [0.15, 0.2) is 128 Å². The molecule has 0 saturated heterocycles. The number of nitrogens with zero attached hydrogens (tertiary/aromatic N) is 1. The van der Waals surface area contributed by atoms with Gasteiger partial charge in [0.2, 0.25) is 0 Å². The van der Waals surface area contributed by atoms with Crippen molar-refractivity contribution in [2.75, 3.05) is 0 Å². The second kappa shape index (κ2) is 8.85. The normalized spacial score (nSPS) is 12.9. The van der Waals surface area contributed by atoms with Crippen LogP contribution >= 0.6 is 0 Å². The van der Waals surface area contributed by atoms with Gasteiger partial charge in [0.05, 0.1) is 0 Å². The van der Waals surface area contributed by atoms with Gasteiger partial charge in [-0.05, 0) is 0 Å². The van der Waals surface area contributed by atoms with Crippen LogP contribution in [-0.2, 0) is 0 Å². The van der Waals surface area contributed by atoms with Gasteiger partial charge in [-0.1, -0.05) is 0 Å². The summed E-state index contributed by atoms with van der Waals surface area (Å²) in [4.78, 5) is 4.85. The molecule has 0 amide bonds. The summed E-state index contributed by atoms with van der Waals surface area (Å²) in [5.74, 6) is 0. The minimum atomic E-state index is -2.10. The van der Waals surface area contributed by atoms with Crippen molar-refractivity contribution < 1.29 is 0 Å². The van der Waals surface area contributed by atoms with Crippen LogP contribution < -0.4 is 7.02 Å². The third-order valence-electron chi connectivity index (χ3n) is 6.07. The van der Waals surface area contributed by atoms with E-state index in [0.29, 0.717) is 0 Å². The first-order chi connectivity index (χ1) is 16.4. The molecule has 1 aliphatic heterocycles.